The Kier molecular flexibility index (Phi) is 2.85. The highest BCUT2D eigenvalue weighted by Crippen LogP contribution is 2.41. The first-order valence-corrected chi connectivity index (χ1v) is 6.43. The number of Topliss-reactive ketones (excluding diaryl/α,β-unsaturated/α-hetero) is 1. The Morgan fingerprint density at radius 2 is 2.00 bits per heavy atom. The summed E-state index contributed by atoms with van der Waals surface area (Å²) < 4.78 is 5.54. The molecule has 0 radical (unpaired) electrons. The molecule has 1 aromatic rings. The maximum absolute atomic E-state index is 12.1. The second kappa shape index (κ2) is 4.53. The summed E-state index contributed by atoms with van der Waals surface area (Å²) in [6, 6.07) is 7.87. The lowest BCUT2D eigenvalue weighted by atomic mass is 9.84. The zero-order valence-electron chi connectivity index (χ0n) is 10.7. The second-order valence-corrected chi connectivity index (χ2v) is 5.00. The normalized spacial score (nSPS) is 24.6. The smallest absolute Gasteiger partial charge is 0.242 e. The van der Waals surface area contributed by atoms with Crippen LogP contribution in [0, 0.1) is 6.92 Å². The maximum Gasteiger partial charge on any atom is 0.242 e. The highest BCUT2D eigenvalue weighted by molar-refractivity contribution is 6.07. The monoisotopic (exact) mass is 257 g/mol. The number of aryl methyl sites for hydroxylation is 1. The number of ketones is 1. The van der Waals surface area contributed by atoms with Crippen LogP contribution >= 0.6 is 0 Å². The first-order chi connectivity index (χ1) is 9.20. The molecule has 0 saturated heterocycles. The molecule has 0 aromatic heterocycles. The Bertz CT molecular complexity index is 584. The summed E-state index contributed by atoms with van der Waals surface area (Å²) >= 11 is 0. The van der Waals surface area contributed by atoms with Crippen molar-refractivity contribution in [3.05, 3.63) is 46.7 Å². The Labute approximate surface area is 111 Å². The van der Waals surface area contributed by atoms with E-state index in [9.17, 15) is 4.79 Å². The molecule has 0 amide bonds. The summed E-state index contributed by atoms with van der Waals surface area (Å²) in [5.74, 6) is 0.637. The number of ether oxygens (including phenoxy) is 1. The average Bonchev–Trinajstić information content (AvgIpc) is 2.80. The van der Waals surface area contributed by atoms with E-state index in [2.05, 4.69) is 5.16 Å². The van der Waals surface area contributed by atoms with Gasteiger partial charge in [-0.05, 0) is 18.9 Å². The van der Waals surface area contributed by atoms with Gasteiger partial charge in [0.2, 0.25) is 5.90 Å². The molecule has 1 aromatic carbocycles. The van der Waals surface area contributed by atoms with Gasteiger partial charge in [0, 0.05) is 12.8 Å². The van der Waals surface area contributed by atoms with E-state index >= 15 is 0 Å². The van der Waals surface area contributed by atoms with Crippen molar-refractivity contribution in [3.63, 3.8) is 0 Å². The molecule has 19 heavy (non-hydrogen) atoms. The Morgan fingerprint density at radius 1 is 1.26 bits per heavy atom. The quantitative estimate of drug-likeness (QED) is 0.621. The van der Waals surface area contributed by atoms with E-state index in [0.717, 1.165) is 24.0 Å². The number of hydrogen-bond donors (Lipinski definition) is 1. The molecule has 4 heteroatoms. The Hall–Kier alpha value is -2.10. The molecule has 3 rings (SSSR count). The number of rotatable bonds is 1. The van der Waals surface area contributed by atoms with E-state index in [0.29, 0.717) is 17.8 Å². The zero-order valence-corrected chi connectivity index (χ0v) is 10.7. The summed E-state index contributed by atoms with van der Waals surface area (Å²) in [5, 5.41) is 12.3. The van der Waals surface area contributed by atoms with Gasteiger partial charge in [-0.25, -0.2) is 0 Å². The van der Waals surface area contributed by atoms with Crippen LogP contribution in [-0.2, 0) is 9.53 Å². The van der Waals surface area contributed by atoms with Crippen molar-refractivity contribution in [3.8, 4) is 0 Å². The van der Waals surface area contributed by atoms with Crippen LogP contribution in [0.25, 0.3) is 0 Å². The number of carbonyl (C=O) groups excluding carboxylic acids is 1. The van der Waals surface area contributed by atoms with Gasteiger partial charge in [0.15, 0.2) is 5.78 Å². The zero-order chi connectivity index (χ0) is 13.4. The van der Waals surface area contributed by atoms with Gasteiger partial charge in [0.1, 0.15) is 5.76 Å². The highest BCUT2D eigenvalue weighted by Gasteiger charge is 2.40. The predicted octanol–water partition coefficient (Wildman–Crippen LogP) is 2.90. The third-order valence-corrected chi connectivity index (χ3v) is 3.68. The fourth-order valence-corrected chi connectivity index (χ4v) is 2.72. The molecule has 1 aliphatic carbocycles. The molecular formula is C15H15NO3. The number of hydrogen-bond acceptors (Lipinski definition) is 4. The predicted molar refractivity (Wildman–Crippen MR) is 70.1 cm³/mol. The van der Waals surface area contributed by atoms with Gasteiger partial charge in [-0.1, -0.05) is 35.0 Å². The minimum Gasteiger partial charge on any atom is -0.443 e. The summed E-state index contributed by atoms with van der Waals surface area (Å²) in [5.41, 5.74) is 2.75. The summed E-state index contributed by atoms with van der Waals surface area (Å²) in [4.78, 5) is 12.1. The average molecular weight is 257 g/mol. The Balaban J connectivity index is 2.08. The van der Waals surface area contributed by atoms with E-state index in [1.165, 1.54) is 0 Å². The highest BCUT2D eigenvalue weighted by atomic mass is 16.5. The first-order valence-electron chi connectivity index (χ1n) is 6.43. The molecule has 2 aliphatic rings. The molecule has 0 fully saturated rings. The van der Waals surface area contributed by atoms with Crippen molar-refractivity contribution in [2.45, 2.75) is 32.1 Å². The number of nitrogens with zero attached hydrogens (tertiary/aromatic N) is 1. The van der Waals surface area contributed by atoms with Crippen molar-refractivity contribution >= 4 is 11.7 Å². The van der Waals surface area contributed by atoms with Crippen molar-refractivity contribution in [1.29, 1.82) is 0 Å². The van der Waals surface area contributed by atoms with Crippen LogP contribution in [0.3, 0.4) is 0 Å². The van der Waals surface area contributed by atoms with Crippen LogP contribution < -0.4 is 0 Å². The lowest BCUT2D eigenvalue weighted by molar-refractivity contribution is -0.116. The topological polar surface area (TPSA) is 58.9 Å². The molecule has 1 unspecified atom stereocenters. The molecule has 1 atom stereocenters. The molecule has 98 valence electrons. The van der Waals surface area contributed by atoms with Crippen molar-refractivity contribution in [2.24, 2.45) is 5.16 Å². The number of carbonyl (C=O) groups is 1. The van der Waals surface area contributed by atoms with E-state index < -0.39 is 0 Å². The Morgan fingerprint density at radius 3 is 2.68 bits per heavy atom. The number of benzene rings is 1. The lowest BCUT2D eigenvalue weighted by Gasteiger charge is -2.15. The van der Waals surface area contributed by atoms with Crippen LogP contribution in [0.4, 0.5) is 0 Å². The molecule has 1 heterocycles. The molecule has 1 aliphatic heterocycles. The largest absolute Gasteiger partial charge is 0.443 e. The van der Waals surface area contributed by atoms with Gasteiger partial charge in [0.25, 0.3) is 0 Å². The van der Waals surface area contributed by atoms with Crippen LogP contribution in [-0.4, -0.2) is 16.9 Å². The third-order valence-electron chi connectivity index (χ3n) is 3.68. The molecule has 0 bridgehead atoms. The first kappa shape index (κ1) is 12.0. The van der Waals surface area contributed by atoms with E-state index in [-0.39, 0.29) is 17.6 Å². The van der Waals surface area contributed by atoms with Gasteiger partial charge in [-0.15, -0.1) is 0 Å². The third kappa shape index (κ3) is 1.93. The lowest BCUT2D eigenvalue weighted by Crippen LogP contribution is -2.16. The van der Waals surface area contributed by atoms with Crippen LogP contribution in [0.2, 0.25) is 0 Å². The summed E-state index contributed by atoms with van der Waals surface area (Å²) in [6.45, 7) is 2.01. The van der Waals surface area contributed by atoms with Gasteiger partial charge in [-0.2, -0.15) is 0 Å². The van der Waals surface area contributed by atoms with Crippen molar-refractivity contribution < 1.29 is 14.7 Å². The number of allylic oxidation sites excluding steroid dienone is 1. The molecule has 0 spiro atoms. The van der Waals surface area contributed by atoms with Gasteiger partial charge in [-0.3, -0.25) is 4.79 Å². The molecule has 4 nitrogen and oxygen atoms in total. The minimum absolute atomic E-state index is 0.102. The van der Waals surface area contributed by atoms with E-state index in [4.69, 9.17) is 9.94 Å². The SMILES string of the molecule is Cc1ccc(C2C3=C(CCCC3=O)O/C2=N\O)cc1. The fraction of sp³-hybridized carbons (Fsp3) is 0.333. The van der Waals surface area contributed by atoms with Crippen LogP contribution in [0.5, 0.6) is 0 Å². The van der Waals surface area contributed by atoms with Crippen molar-refractivity contribution in [1.82, 2.24) is 0 Å². The second-order valence-electron chi connectivity index (χ2n) is 5.00. The van der Waals surface area contributed by atoms with E-state index in [1.807, 2.05) is 31.2 Å². The van der Waals surface area contributed by atoms with Gasteiger partial charge in [0.05, 0.1) is 11.5 Å². The van der Waals surface area contributed by atoms with Crippen LogP contribution in [0.15, 0.2) is 40.8 Å². The summed E-state index contributed by atoms with van der Waals surface area (Å²) in [6.07, 6.45) is 2.09. The molecule has 1 N–H and O–H groups in total. The number of oxime groups is 1. The van der Waals surface area contributed by atoms with E-state index in [1.54, 1.807) is 0 Å². The molecule has 0 saturated carbocycles. The minimum atomic E-state index is -0.353. The van der Waals surface area contributed by atoms with Gasteiger partial charge < -0.3 is 9.94 Å². The molecular weight excluding hydrogens is 242 g/mol. The summed E-state index contributed by atoms with van der Waals surface area (Å²) in [7, 11) is 0. The maximum atomic E-state index is 12.1. The van der Waals surface area contributed by atoms with Crippen molar-refractivity contribution in [2.75, 3.05) is 0 Å². The van der Waals surface area contributed by atoms with Crippen LogP contribution in [0.1, 0.15) is 36.3 Å². The fourth-order valence-electron chi connectivity index (χ4n) is 2.72. The van der Waals surface area contributed by atoms with Gasteiger partial charge >= 0.3 is 0 Å². The standard InChI is InChI=1S/C15H15NO3/c1-9-5-7-10(8-6-9)13-14-11(17)3-2-4-12(14)19-15(13)16-18/h5-8,13,18H,2-4H2,1H3/b16-15-.